The van der Waals surface area contributed by atoms with E-state index in [9.17, 15) is 0 Å². The third-order valence-corrected chi connectivity index (χ3v) is 5.03. The largest absolute Gasteiger partial charge is 0.397 e. The molecule has 0 saturated heterocycles. The van der Waals surface area contributed by atoms with Crippen LogP contribution in [0.25, 0.3) is 10.2 Å². The second-order valence-electron chi connectivity index (χ2n) is 5.11. The van der Waals surface area contributed by atoms with Crippen molar-refractivity contribution < 1.29 is 0 Å². The Labute approximate surface area is 119 Å². The number of thiazole rings is 1. The Morgan fingerprint density at radius 3 is 2.42 bits per heavy atom. The van der Waals surface area contributed by atoms with E-state index in [1.54, 1.807) is 11.3 Å². The first-order chi connectivity index (χ1) is 9.03. The summed E-state index contributed by atoms with van der Waals surface area (Å²) in [6.45, 7) is 8.70. The first kappa shape index (κ1) is 14.1. The van der Waals surface area contributed by atoms with E-state index in [4.69, 9.17) is 5.73 Å². The van der Waals surface area contributed by atoms with Crippen molar-refractivity contribution in [2.75, 3.05) is 11.1 Å². The molecule has 0 bridgehead atoms. The van der Waals surface area contributed by atoms with Crippen LogP contribution in [0.5, 0.6) is 0 Å². The van der Waals surface area contributed by atoms with Crippen molar-refractivity contribution in [3.05, 3.63) is 17.1 Å². The highest BCUT2D eigenvalue weighted by Crippen LogP contribution is 2.33. The molecule has 1 heterocycles. The molecular formula is C15H23N3S. The number of fused-ring (bicyclic) bond motifs is 1. The lowest BCUT2D eigenvalue weighted by molar-refractivity contribution is 0.420. The summed E-state index contributed by atoms with van der Waals surface area (Å²) in [6.07, 6.45) is 3.27. The number of nitrogens with zero attached hydrogens (tertiary/aromatic N) is 1. The average molecular weight is 277 g/mol. The quantitative estimate of drug-likeness (QED) is 0.787. The average Bonchev–Trinajstić information content (AvgIpc) is 2.75. The van der Waals surface area contributed by atoms with Gasteiger partial charge in [-0.15, -0.1) is 11.3 Å². The molecule has 0 saturated carbocycles. The fourth-order valence-electron chi connectivity index (χ4n) is 2.51. The lowest BCUT2D eigenvalue weighted by Gasteiger charge is -2.33. The van der Waals surface area contributed by atoms with Crippen LogP contribution in [0.4, 0.5) is 11.4 Å². The predicted octanol–water partition coefficient (Wildman–Crippen LogP) is 4.57. The Bertz CT molecular complexity index is 562. The van der Waals surface area contributed by atoms with Gasteiger partial charge in [-0.1, -0.05) is 20.8 Å². The van der Waals surface area contributed by atoms with Gasteiger partial charge >= 0.3 is 0 Å². The molecule has 19 heavy (non-hydrogen) atoms. The Morgan fingerprint density at radius 1 is 1.21 bits per heavy atom. The van der Waals surface area contributed by atoms with Gasteiger partial charge in [-0.05, 0) is 38.3 Å². The molecule has 0 aliphatic heterocycles. The van der Waals surface area contributed by atoms with Gasteiger partial charge in [0.2, 0.25) is 0 Å². The van der Waals surface area contributed by atoms with E-state index >= 15 is 0 Å². The van der Waals surface area contributed by atoms with Gasteiger partial charge in [-0.25, -0.2) is 4.98 Å². The molecule has 4 heteroatoms. The van der Waals surface area contributed by atoms with Crippen molar-refractivity contribution in [1.82, 2.24) is 4.98 Å². The minimum Gasteiger partial charge on any atom is -0.397 e. The first-order valence-corrected chi connectivity index (χ1v) is 7.80. The molecule has 1 aromatic carbocycles. The van der Waals surface area contributed by atoms with Gasteiger partial charge in [0.15, 0.2) is 0 Å². The number of benzene rings is 1. The summed E-state index contributed by atoms with van der Waals surface area (Å²) < 4.78 is 1.16. The summed E-state index contributed by atoms with van der Waals surface area (Å²) >= 11 is 1.69. The van der Waals surface area contributed by atoms with Gasteiger partial charge < -0.3 is 11.1 Å². The zero-order valence-corrected chi connectivity index (χ0v) is 13.0. The lowest BCUT2D eigenvalue weighted by atomic mass is 9.89. The maximum atomic E-state index is 6.18. The SMILES string of the molecule is CCC(CC)(CC)Nc1cc2nc(C)sc2cc1N. The predicted molar refractivity (Wildman–Crippen MR) is 86.0 cm³/mol. The molecule has 0 aliphatic carbocycles. The second kappa shape index (κ2) is 5.37. The standard InChI is InChI=1S/C15H23N3S/c1-5-15(6-2,7-3)18-12-9-13-14(8-11(12)16)19-10(4)17-13/h8-9,18H,5-7,16H2,1-4H3. The van der Waals surface area contributed by atoms with Gasteiger partial charge in [-0.2, -0.15) is 0 Å². The van der Waals surface area contributed by atoms with Crippen LogP contribution in [0.3, 0.4) is 0 Å². The number of nitrogens with one attached hydrogen (secondary N) is 1. The molecule has 3 N–H and O–H groups in total. The van der Waals surface area contributed by atoms with E-state index in [1.165, 1.54) is 0 Å². The number of nitrogen functional groups attached to an aromatic ring is 1. The maximum Gasteiger partial charge on any atom is 0.0907 e. The molecule has 3 nitrogen and oxygen atoms in total. The summed E-state index contributed by atoms with van der Waals surface area (Å²) in [5.41, 5.74) is 9.19. The van der Waals surface area contributed by atoms with Crippen molar-refractivity contribution in [1.29, 1.82) is 0 Å². The Morgan fingerprint density at radius 2 is 1.84 bits per heavy atom. The van der Waals surface area contributed by atoms with Crippen molar-refractivity contribution in [2.45, 2.75) is 52.5 Å². The van der Waals surface area contributed by atoms with Crippen LogP contribution in [0.1, 0.15) is 45.0 Å². The highest BCUT2D eigenvalue weighted by atomic mass is 32.1. The molecule has 0 radical (unpaired) electrons. The van der Waals surface area contributed by atoms with E-state index in [2.05, 4.69) is 37.1 Å². The topological polar surface area (TPSA) is 50.9 Å². The van der Waals surface area contributed by atoms with Crippen LogP contribution >= 0.6 is 11.3 Å². The number of rotatable bonds is 5. The number of anilines is 2. The summed E-state index contributed by atoms with van der Waals surface area (Å²) in [5.74, 6) is 0. The van der Waals surface area contributed by atoms with E-state index in [0.29, 0.717) is 0 Å². The molecule has 2 aromatic rings. The van der Waals surface area contributed by atoms with Crippen molar-refractivity contribution in [3.63, 3.8) is 0 Å². The molecule has 0 amide bonds. The smallest absolute Gasteiger partial charge is 0.0907 e. The molecule has 1 aromatic heterocycles. The number of hydrogen-bond donors (Lipinski definition) is 2. The van der Waals surface area contributed by atoms with E-state index in [1.807, 2.05) is 13.0 Å². The Hall–Kier alpha value is -1.29. The molecule has 0 spiro atoms. The summed E-state index contributed by atoms with van der Waals surface area (Å²) in [4.78, 5) is 4.55. The molecule has 2 rings (SSSR count). The number of aromatic nitrogens is 1. The second-order valence-corrected chi connectivity index (χ2v) is 6.34. The minimum absolute atomic E-state index is 0.132. The fraction of sp³-hybridized carbons (Fsp3) is 0.533. The molecule has 0 fully saturated rings. The Balaban J connectivity index is 2.41. The Kier molecular flexibility index (Phi) is 3.99. The normalized spacial score (nSPS) is 12.0. The molecule has 0 atom stereocenters. The van der Waals surface area contributed by atoms with Crippen LogP contribution in [0.15, 0.2) is 12.1 Å². The first-order valence-electron chi connectivity index (χ1n) is 6.98. The van der Waals surface area contributed by atoms with E-state index < -0.39 is 0 Å². The lowest BCUT2D eigenvalue weighted by Crippen LogP contribution is -2.36. The maximum absolute atomic E-state index is 6.18. The number of nitrogens with two attached hydrogens (primary N) is 1. The van der Waals surface area contributed by atoms with Crippen LogP contribution < -0.4 is 11.1 Å². The van der Waals surface area contributed by atoms with Gasteiger partial charge in [-0.3, -0.25) is 0 Å². The van der Waals surface area contributed by atoms with Gasteiger partial charge in [0.1, 0.15) is 0 Å². The zero-order chi connectivity index (χ0) is 14.0. The van der Waals surface area contributed by atoms with Gasteiger partial charge in [0.25, 0.3) is 0 Å². The van der Waals surface area contributed by atoms with Gasteiger partial charge in [0.05, 0.1) is 26.6 Å². The number of aryl methyl sites for hydroxylation is 1. The van der Waals surface area contributed by atoms with Crippen LogP contribution in [0, 0.1) is 6.92 Å². The van der Waals surface area contributed by atoms with Crippen LogP contribution in [-0.4, -0.2) is 10.5 Å². The number of hydrogen-bond acceptors (Lipinski definition) is 4. The summed E-state index contributed by atoms with van der Waals surface area (Å²) in [5, 5.41) is 4.73. The molecular weight excluding hydrogens is 254 g/mol. The third kappa shape index (κ3) is 2.68. The van der Waals surface area contributed by atoms with Crippen molar-refractivity contribution in [2.24, 2.45) is 0 Å². The van der Waals surface area contributed by atoms with Gasteiger partial charge in [0, 0.05) is 5.54 Å². The highest BCUT2D eigenvalue weighted by molar-refractivity contribution is 7.18. The van der Waals surface area contributed by atoms with Crippen LogP contribution in [0.2, 0.25) is 0 Å². The summed E-state index contributed by atoms with van der Waals surface area (Å²) in [7, 11) is 0. The van der Waals surface area contributed by atoms with E-state index in [0.717, 1.165) is 45.9 Å². The monoisotopic (exact) mass is 277 g/mol. The summed E-state index contributed by atoms with van der Waals surface area (Å²) in [6, 6.07) is 4.12. The zero-order valence-electron chi connectivity index (χ0n) is 12.2. The molecule has 0 unspecified atom stereocenters. The molecule has 0 aliphatic rings. The molecule has 104 valence electrons. The van der Waals surface area contributed by atoms with Crippen LogP contribution in [-0.2, 0) is 0 Å². The fourth-order valence-corrected chi connectivity index (χ4v) is 3.37. The van der Waals surface area contributed by atoms with Crippen molar-refractivity contribution in [3.8, 4) is 0 Å². The minimum atomic E-state index is 0.132. The van der Waals surface area contributed by atoms with E-state index in [-0.39, 0.29) is 5.54 Å². The van der Waals surface area contributed by atoms with Crippen molar-refractivity contribution >= 4 is 32.9 Å². The third-order valence-electron chi connectivity index (χ3n) is 4.10. The highest BCUT2D eigenvalue weighted by Gasteiger charge is 2.24.